The second-order valence-electron chi connectivity index (χ2n) is 7.34. The first-order valence-electron chi connectivity index (χ1n) is 9.20. The lowest BCUT2D eigenvalue weighted by molar-refractivity contribution is -0.137. The first-order chi connectivity index (χ1) is 9.98. The first-order valence-corrected chi connectivity index (χ1v) is 12.6. The van der Waals surface area contributed by atoms with Crippen LogP contribution in [0, 0.1) is 0 Å². The van der Waals surface area contributed by atoms with Gasteiger partial charge in [-0.1, -0.05) is 96.3 Å². The summed E-state index contributed by atoms with van der Waals surface area (Å²) < 4.78 is 0. The molecule has 0 saturated heterocycles. The molecule has 0 aliphatic heterocycles. The molecule has 21 heavy (non-hydrogen) atoms. The van der Waals surface area contributed by atoms with Crippen LogP contribution in [0.5, 0.6) is 0 Å². The molecule has 0 rings (SSSR count). The molecule has 0 bridgehead atoms. The molecule has 0 aromatic heterocycles. The van der Waals surface area contributed by atoms with Gasteiger partial charge in [0, 0.05) is 14.5 Å². The Bertz CT molecular complexity index is 252. The molecule has 3 heteroatoms. The van der Waals surface area contributed by atoms with Crippen molar-refractivity contribution >= 4 is 14.0 Å². The van der Waals surface area contributed by atoms with Crippen molar-refractivity contribution in [1.29, 1.82) is 0 Å². The fourth-order valence-electron chi connectivity index (χ4n) is 2.92. The highest BCUT2D eigenvalue weighted by Crippen LogP contribution is 2.23. The van der Waals surface area contributed by atoms with Gasteiger partial charge in [-0.3, -0.25) is 4.79 Å². The Hall–Kier alpha value is -0.313. The summed E-state index contributed by atoms with van der Waals surface area (Å²) in [7, 11) is -1.01. The van der Waals surface area contributed by atoms with E-state index in [1.807, 2.05) is 0 Å². The van der Waals surface area contributed by atoms with Gasteiger partial charge in [-0.2, -0.15) is 0 Å². The van der Waals surface area contributed by atoms with Crippen LogP contribution >= 0.6 is 0 Å². The molecule has 0 aromatic carbocycles. The largest absolute Gasteiger partial charge is 0.481 e. The van der Waals surface area contributed by atoms with Gasteiger partial charge in [0.1, 0.15) is 0 Å². The zero-order chi connectivity index (χ0) is 16.0. The highest BCUT2D eigenvalue weighted by Gasteiger charge is 2.19. The maximum atomic E-state index is 10.5. The first kappa shape index (κ1) is 20.7. The van der Waals surface area contributed by atoms with Crippen LogP contribution < -0.4 is 0 Å². The highest BCUT2D eigenvalue weighted by atomic mass is 28.3. The van der Waals surface area contributed by atoms with E-state index >= 15 is 0 Å². The number of rotatable bonds is 15. The van der Waals surface area contributed by atoms with Crippen LogP contribution in [0.15, 0.2) is 0 Å². The minimum Gasteiger partial charge on any atom is -0.481 e. The monoisotopic (exact) mass is 314 g/mol. The van der Waals surface area contributed by atoms with E-state index in [9.17, 15) is 4.79 Å². The molecule has 0 spiro atoms. The zero-order valence-corrected chi connectivity index (χ0v) is 15.8. The second kappa shape index (κ2) is 13.4. The third kappa shape index (κ3) is 15.9. The van der Waals surface area contributed by atoms with Crippen LogP contribution in [0.4, 0.5) is 0 Å². The molecule has 0 aliphatic rings. The van der Waals surface area contributed by atoms with Crippen molar-refractivity contribution in [3.63, 3.8) is 0 Å². The number of carbonyl (C=O) groups is 1. The number of hydrogen-bond acceptors (Lipinski definition) is 1. The maximum Gasteiger partial charge on any atom is 0.303 e. The standard InChI is InChI=1S/C18H38O2Si/c1-4-5-6-7-8-9-10-13-16-21(2,3)17-14-11-12-15-18(19)20/h4-17H2,1-3H3,(H,19,20). The molecule has 0 radical (unpaired) electrons. The molecule has 0 heterocycles. The number of hydrogen-bond donors (Lipinski definition) is 1. The van der Waals surface area contributed by atoms with Gasteiger partial charge >= 0.3 is 5.97 Å². The van der Waals surface area contributed by atoms with Gasteiger partial charge in [0.25, 0.3) is 0 Å². The van der Waals surface area contributed by atoms with Gasteiger partial charge in [-0.15, -0.1) is 0 Å². The minimum atomic E-state index is -1.01. The minimum absolute atomic E-state index is 0.347. The van der Waals surface area contributed by atoms with Crippen molar-refractivity contribution < 1.29 is 9.90 Å². The van der Waals surface area contributed by atoms with E-state index in [4.69, 9.17) is 5.11 Å². The average Bonchev–Trinajstić information content (AvgIpc) is 2.41. The summed E-state index contributed by atoms with van der Waals surface area (Å²) in [5.74, 6) is -0.648. The Balaban J connectivity index is 3.40. The number of carboxylic acids is 1. The van der Waals surface area contributed by atoms with Crippen molar-refractivity contribution in [1.82, 2.24) is 0 Å². The van der Waals surface area contributed by atoms with Gasteiger partial charge in [-0.25, -0.2) is 0 Å². The average molecular weight is 315 g/mol. The van der Waals surface area contributed by atoms with Gasteiger partial charge in [0.05, 0.1) is 0 Å². The molecule has 0 atom stereocenters. The Labute approximate surface area is 133 Å². The molecule has 0 unspecified atom stereocenters. The molecule has 0 amide bonds. The van der Waals surface area contributed by atoms with Crippen LogP contribution in [-0.4, -0.2) is 19.1 Å². The fraction of sp³-hybridized carbons (Fsp3) is 0.944. The summed E-state index contributed by atoms with van der Waals surface area (Å²) in [4.78, 5) is 10.5. The molecule has 0 saturated carbocycles. The van der Waals surface area contributed by atoms with Gasteiger partial charge in [-0.05, 0) is 6.42 Å². The van der Waals surface area contributed by atoms with E-state index in [1.165, 1.54) is 69.9 Å². The Morgan fingerprint density at radius 1 is 0.762 bits per heavy atom. The lowest BCUT2D eigenvalue weighted by atomic mass is 10.1. The zero-order valence-electron chi connectivity index (χ0n) is 14.8. The summed E-state index contributed by atoms with van der Waals surface area (Å²) in [6, 6.07) is 2.84. The molecule has 1 N–H and O–H groups in total. The van der Waals surface area contributed by atoms with Crippen molar-refractivity contribution in [2.24, 2.45) is 0 Å². The van der Waals surface area contributed by atoms with Crippen LogP contribution in [0.3, 0.4) is 0 Å². The van der Waals surface area contributed by atoms with Crippen LogP contribution in [-0.2, 0) is 4.79 Å². The SMILES string of the molecule is CCCCCCCCCC[Si](C)(C)CCCCCC(=O)O. The third-order valence-electron chi connectivity index (χ3n) is 4.45. The summed E-state index contributed by atoms with van der Waals surface area (Å²) in [5.41, 5.74) is 0. The normalized spacial score (nSPS) is 11.8. The smallest absolute Gasteiger partial charge is 0.303 e. The Morgan fingerprint density at radius 3 is 1.67 bits per heavy atom. The summed E-state index contributed by atoms with van der Waals surface area (Å²) in [6.45, 7) is 7.28. The quantitative estimate of drug-likeness (QED) is 0.277. The summed E-state index contributed by atoms with van der Waals surface area (Å²) in [6.07, 6.45) is 14.8. The fourth-order valence-corrected chi connectivity index (χ4v) is 5.58. The predicted octanol–water partition coefficient (Wildman–Crippen LogP) is 6.48. The molecule has 0 fully saturated rings. The number of carboxylic acid groups (broad SMARTS) is 1. The van der Waals surface area contributed by atoms with Gasteiger partial charge < -0.3 is 5.11 Å². The predicted molar refractivity (Wildman–Crippen MR) is 95.8 cm³/mol. The molecular formula is C18H38O2Si. The molecule has 0 aromatic rings. The summed E-state index contributed by atoms with van der Waals surface area (Å²) in [5, 5.41) is 8.62. The second-order valence-corrected chi connectivity index (χ2v) is 12.7. The van der Waals surface area contributed by atoms with Crippen LogP contribution in [0.25, 0.3) is 0 Å². The van der Waals surface area contributed by atoms with E-state index in [-0.39, 0.29) is 0 Å². The lowest BCUT2D eigenvalue weighted by Gasteiger charge is -2.22. The van der Waals surface area contributed by atoms with E-state index < -0.39 is 14.0 Å². The molecule has 0 aliphatic carbocycles. The maximum absolute atomic E-state index is 10.5. The number of aliphatic carboxylic acids is 1. The van der Waals surface area contributed by atoms with E-state index in [1.54, 1.807) is 0 Å². The third-order valence-corrected chi connectivity index (χ3v) is 7.87. The van der Waals surface area contributed by atoms with E-state index in [0.717, 1.165) is 12.8 Å². The molecule has 126 valence electrons. The molecular weight excluding hydrogens is 276 g/mol. The van der Waals surface area contributed by atoms with Crippen molar-refractivity contribution in [3.8, 4) is 0 Å². The topological polar surface area (TPSA) is 37.3 Å². The van der Waals surface area contributed by atoms with Crippen molar-refractivity contribution in [2.45, 2.75) is 109 Å². The van der Waals surface area contributed by atoms with Crippen molar-refractivity contribution in [2.75, 3.05) is 0 Å². The van der Waals surface area contributed by atoms with Gasteiger partial charge in [0.15, 0.2) is 0 Å². The van der Waals surface area contributed by atoms with Crippen LogP contribution in [0.2, 0.25) is 25.2 Å². The lowest BCUT2D eigenvalue weighted by Crippen LogP contribution is -2.24. The number of unbranched alkanes of at least 4 members (excludes halogenated alkanes) is 9. The van der Waals surface area contributed by atoms with Crippen LogP contribution in [0.1, 0.15) is 84.0 Å². The van der Waals surface area contributed by atoms with E-state index in [0.29, 0.717) is 6.42 Å². The Morgan fingerprint density at radius 2 is 1.19 bits per heavy atom. The van der Waals surface area contributed by atoms with E-state index in [2.05, 4.69) is 20.0 Å². The van der Waals surface area contributed by atoms with Crippen molar-refractivity contribution in [3.05, 3.63) is 0 Å². The molecule has 2 nitrogen and oxygen atoms in total. The highest BCUT2D eigenvalue weighted by molar-refractivity contribution is 6.77. The Kier molecular flexibility index (Phi) is 13.2. The summed E-state index contributed by atoms with van der Waals surface area (Å²) >= 11 is 0. The van der Waals surface area contributed by atoms with Gasteiger partial charge in [0.2, 0.25) is 0 Å².